The second-order valence-electron chi connectivity index (χ2n) is 10.6. The van der Waals surface area contributed by atoms with Gasteiger partial charge in [-0.05, 0) is 30.2 Å². The summed E-state index contributed by atoms with van der Waals surface area (Å²) in [6, 6.07) is 17.8. The molecule has 3 rings (SSSR count). The van der Waals surface area contributed by atoms with Crippen molar-refractivity contribution in [3.05, 3.63) is 102 Å². The predicted octanol–water partition coefficient (Wildman–Crippen LogP) is 10.9. The van der Waals surface area contributed by atoms with Crippen LogP contribution in [-0.4, -0.2) is 17.5 Å². The molecule has 0 spiro atoms. The number of ether oxygens (including phenoxy) is 1. The van der Waals surface area contributed by atoms with Crippen molar-refractivity contribution in [1.82, 2.24) is 0 Å². The fourth-order valence-electron chi connectivity index (χ4n) is 4.56. The summed E-state index contributed by atoms with van der Waals surface area (Å²) in [5.41, 5.74) is 1.64. The minimum absolute atomic E-state index is 0. The van der Waals surface area contributed by atoms with Gasteiger partial charge in [-0.2, -0.15) is 18.2 Å². The SMILES string of the molecule is CCCCCCCCCCCCCCCCOc1ccc(/C=C/C(=O)CC(O)=C2C=CC=C2)cc1.[Fe].c1cc[cH-]c1. The van der Waals surface area contributed by atoms with E-state index in [9.17, 15) is 9.90 Å². The number of hydrogen-bond acceptors (Lipinski definition) is 3. The van der Waals surface area contributed by atoms with E-state index in [0.717, 1.165) is 24.3 Å². The summed E-state index contributed by atoms with van der Waals surface area (Å²) in [6.07, 6.45) is 29.6. The smallest absolute Gasteiger partial charge is 0.163 e. The van der Waals surface area contributed by atoms with Crippen LogP contribution in [0.15, 0.2) is 96.3 Å². The first kappa shape index (κ1) is 36.3. The minimum atomic E-state index is -0.123. The Morgan fingerprint density at radius 3 is 1.78 bits per heavy atom. The fourth-order valence-corrected chi connectivity index (χ4v) is 4.56. The van der Waals surface area contributed by atoms with Gasteiger partial charge < -0.3 is 9.84 Å². The maximum absolute atomic E-state index is 12.1. The van der Waals surface area contributed by atoms with E-state index in [0.29, 0.717) is 5.57 Å². The number of rotatable bonds is 20. The maximum atomic E-state index is 12.1. The maximum Gasteiger partial charge on any atom is 0.163 e. The molecule has 1 aliphatic carbocycles. The van der Waals surface area contributed by atoms with Crippen LogP contribution in [0.5, 0.6) is 5.75 Å². The molecule has 0 unspecified atom stereocenters. The van der Waals surface area contributed by atoms with Crippen LogP contribution in [0.1, 0.15) is 109 Å². The van der Waals surface area contributed by atoms with E-state index in [1.807, 2.05) is 66.7 Å². The Kier molecular flexibility index (Phi) is 22.2. The average Bonchev–Trinajstić information content (AvgIpc) is 3.72. The molecule has 2 aromatic carbocycles. The monoisotopic (exact) mass is 599 g/mol. The standard InChI is InChI=1S/C32H46O3.C5H5.Fe/c1-2-3-4-5-6-7-8-9-10-11-12-13-14-17-26-35-31-24-21-28(22-25-31)20-23-30(33)27-32(34)29-18-15-16-19-29;1-2-4-5-3-1;/h15-16,18-25,34H,2-14,17,26-27H2,1H3;1-5H;/q;-1;/b23-20+;;. The number of allylic oxidation sites excluding steroid dienone is 7. The second-order valence-corrected chi connectivity index (χ2v) is 10.6. The topological polar surface area (TPSA) is 46.5 Å². The number of carbonyl (C=O) groups excluding carboxylic acids is 1. The van der Waals surface area contributed by atoms with Gasteiger partial charge in [-0.1, -0.05) is 133 Å². The Morgan fingerprint density at radius 1 is 0.780 bits per heavy atom. The summed E-state index contributed by atoms with van der Waals surface area (Å²) in [4.78, 5) is 12.1. The van der Waals surface area contributed by atoms with Gasteiger partial charge in [0.05, 0.1) is 13.0 Å². The van der Waals surface area contributed by atoms with E-state index in [-0.39, 0.29) is 35.0 Å². The fraction of sp³-hybridized carbons (Fsp3) is 0.459. The first-order chi connectivity index (χ1) is 19.7. The van der Waals surface area contributed by atoms with Crippen molar-refractivity contribution in [3.63, 3.8) is 0 Å². The van der Waals surface area contributed by atoms with Gasteiger partial charge >= 0.3 is 0 Å². The van der Waals surface area contributed by atoms with Crippen LogP contribution in [-0.2, 0) is 21.9 Å². The molecular weight excluding hydrogens is 548 g/mol. The first-order valence-electron chi connectivity index (χ1n) is 15.6. The van der Waals surface area contributed by atoms with Crippen molar-refractivity contribution in [3.8, 4) is 5.75 Å². The first-order valence-corrected chi connectivity index (χ1v) is 15.6. The molecule has 2 aromatic rings. The van der Waals surface area contributed by atoms with E-state index >= 15 is 0 Å². The third-order valence-electron chi connectivity index (χ3n) is 7.00. The average molecular weight is 600 g/mol. The van der Waals surface area contributed by atoms with Crippen LogP contribution in [0.4, 0.5) is 0 Å². The van der Waals surface area contributed by atoms with Gasteiger partial charge in [-0.15, -0.1) is 0 Å². The summed E-state index contributed by atoms with van der Waals surface area (Å²) in [7, 11) is 0. The third-order valence-corrected chi connectivity index (χ3v) is 7.00. The molecule has 1 aliphatic rings. The van der Waals surface area contributed by atoms with Crippen molar-refractivity contribution in [2.45, 2.75) is 103 Å². The van der Waals surface area contributed by atoms with E-state index in [1.165, 1.54) is 89.5 Å². The molecule has 41 heavy (non-hydrogen) atoms. The summed E-state index contributed by atoms with van der Waals surface area (Å²) in [6.45, 7) is 3.03. The zero-order valence-corrected chi connectivity index (χ0v) is 26.2. The second kappa shape index (κ2) is 25.1. The van der Waals surface area contributed by atoms with E-state index in [2.05, 4.69) is 6.92 Å². The normalized spacial score (nSPS) is 11.8. The molecule has 0 fully saturated rings. The number of ketones is 1. The van der Waals surface area contributed by atoms with Gasteiger partial charge in [0.1, 0.15) is 11.5 Å². The molecule has 0 aliphatic heterocycles. The van der Waals surface area contributed by atoms with Crippen molar-refractivity contribution in [2.24, 2.45) is 0 Å². The summed E-state index contributed by atoms with van der Waals surface area (Å²) in [5.74, 6) is 0.851. The van der Waals surface area contributed by atoms with Gasteiger partial charge in [-0.25, -0.2) is 12.1 Å². The van der Waals surface area contributed by atoms with Crippen molar-refractivity contribution < 1.29 is 31.7 Å². The molecule has 226 valence electrons. The minimum Gasteiger partial charge on any atom is -0.511 e. The molecule has 0 bridgehead atoms. The Labute approximate surface area is 260 Å². The van der Waals surface area contributed by atoms with Crippen LogP contribution in [0.25, 0.3) is 6.08 Å². The molecule has 0 amide bonds. The number of carbonyl (C=O) groups is 1. The zero-order chi connectivity index (χ0) is 28.5. The summed E-state index contributed by atoms with van der Waals surface area (Å²) >= 11 is 0. The van der Waals surface area contributed by atoms with Gasteiger partial charge in [0, 0.05) is 22.6 Å². The Balaban J connectivity index is 0.00000126. The van der Waals surface area contributed by atoms with Crippen LogP contribution < -0.4 is 4.74 Å². The molecule has 0 aromatic heterocycles. The van der Waals surface area contributed by atoms with Crippen LogP contribution in [0.2, 0.25) is 0 Å². The van der Waals surface area contributed by atoms with Gasteiger partial charge in [0.2, 0.25) is 0 Å². The third kappa shape index (κ3) is 19.1. The molecular formula is C37H51FeO3-. The van der Waals surface area contributed by atoms with E-state index in [4.69, 9.17) is 4.74 Å². The number of aliphatic hydroxyl groups excluding tert-OH is 1. The van der Waals surface area contributed by atoms with E-state index in [1.54, 1.807) is 18.2 Å². The largest absolute Gasteiger partial charge is 0.511 e. The van der Waals surface area contributed by atoms with E-state index < -0.39 is 0 Å². The van der Waals surface area contributed by atoms with Crippen molar-refractivity contribution in [2.75, 3.05) is 6.61 Å². The molecule has 0 saturated carbocycles. The Hall–Kier alpha value is -2.68. The van der Waals surface area contributed by atoms with Crippen molar-refractivity contribution >= 4 is 11.9 Å². The predicted molar refractivity (Wildman–Crippen MR) is 171 cm³/mol. The van der Waals surface area contributed by atoms with Crippen molar-refractivity contribution in [1.29, 1.82) is 0 Å². The van der Waals surface area contributed by atoms with Gasteiger partial charge in [0.25, 0.3) is 0 Å². The molecule has 0 heterocycles. The molecule has 3 nitrogen and oxygen atoms in total. The zero-order valence-electron chi connectivity index (χ0n) is 25.1. The molecule has 0 saturated heterocycles. The van der Waals surface area contributed by atoms with Gasteiger partial charge in [-0.3, -0.25) is 4.79 Å². The molecule has 0 radical (unpaired) electrons. The number of aliphatic hydroxyl groups is 1. The van der Waals surface area contributed by atoms with Crippen LogP contribution in [0.3, 0.4) is 0 Å². The summed E-state index contributed by atoms with van der Waals surface area (Å²) in [5, 5.41) is 9.99. The van der Waals surface area contributed by atoms with Crippen LogP contribution in [0, 0.1) is 0 Å². The quantitative estimate of drug-likeness (QED) is 0.0541. The van der Waals surface area contributed by atoms with Gasteiger partial charge in [0.15, 0.2) is 5.78 Å². The Morgan fingerprint density at radius 2 is 1.29 bits per heavy atom. The summed E-state index contributed by atoms with van der Waals surface area (Å²) < 4.78 is 5.86. The molecule has 0 atom stereocenters. The number of unbranched alkanes of at least 4 members (excludes halogenated alkanes) is 13. The number of benzene rings is 1. The van der Waals surface area contributed by atoms with Crippen LogP contribution >= 0.6 is 0 Å². The molecule has 1 N–H and O–H groups in total. The number of hydrogen-bond donors (Lipinski definition) is 1. The Bertz CT molecular complexity index is 982. The molecule has 4 heteroatoms.